The predicted octanol–water partition coefficient (Wildman–Crippen LogP) is 1.99. The maximum Gasteiger partial charge on any atom is 0.222 e. The molecular formula is C21H29N3O2. The molecule has 1 aromatic carbocycles. The quantitative estimate of drug-likeness (QED) is 0.822. The summed E-state index contributed by atoms with van der Waals surface area (Å²) in [5.41, 5.74) is 1.36. The minimum Gasteiger partial charge on any atom is -0.356 e. The van der Waals surface area contributed by atoms with Gasteiger partial charge in [0, 0.05) is 38.4 Å². The number of carbonyl (C=O) groups excluding carboxylic acids is 2. The van der Waals surface area contributed by atoms with Gasteiger partial charge >= 0.3 is 0 Å². The van der Waals surface area contributed by atoms with E-state index < -0.39 is 0 Å². The fourth-order valence-electron chi connectivity index (χ4n) is 5.35. The number of piperidine rings is 3. The Morgan fingerprint density at radius 2 is 1.85 bits per heavy atom. The molecule has 0 radical (unpaired) electrons. The molecule has 0 spiro atoms. The number of likely N-dealkylation sites (tertiary alicyclic amines) is 1. The molecular weight excluding hydrogens is 326 g/mol. The SMILES string of the molecule is CC(=O)NCCCC(=O)N1C[C@H](c2ccccc2)[C@H]2[C@@H]1C1CCN2CC1. The number of rotatable bonds is 5. The Balaban J connectivity index is 1.50. The van der Waals surface area contributed by atoms with Gasteiger partial charge in [-0.15, -0.1) is 0 Å². The highest BCUT2D eigenvalue weighted by Gasteiger charge is 2.54. The maximum absolute atomic E-state index is 13.0. The van der Waals surface area contributed by atoms with E-state index in [9.17, 15) is 9.59 Å². The first-order valence-corrected chi connectivity index (χ1v) is 9.98. The number of nitrogens with one attached hydrogen (secondary N) is 1. The lowest BCUT2D eigenvalue weighted by molar-refractivity contribution is -0.136. The van der Waals surface area contributed by atoms with E-state index in [1.54, 1.807) is 0 Å². The number of nitrogens with zero attached hydrogens (tertiary/aromatic N) is 2. The van der Waals surface area contributed by atoms with E-state index in [1.807, 2.05) is 0 Å². The summed E-state index contributed by atoms with van der Waals surface area (Å²) in [4.78, 5) is 28.8. The molecule has 5 rings (SSSR count). The zero-order valence-corrected chi connectivity index (χ0v) is 15.6. The van der Waals surface area contributed by atoms with Crippen molar-refractivity contribution in [1.82, 2.24) is 15.1 Å². The minimum absolute atomic E-state index is 0.0276. The number of benzene rings is 1. The fourth-order valence-corrected chi connectivity index (χ4v) is 5.35. The van der Waals surface area contributed by atoms with Crippen LogP contribution in [0.15, 0.2) is 30.3 Å². The van der Waals surface area contributed by atoms with E-state index in [-0.39, 0.29) is 11.8 Å². The summed E-state index contributed by atoms with van der Waals surface area (Å²) in [7, 11) is 0. The van der Waals surface area contributed by atoms with E-state index in [1.165, 1.54) is 38.4 Å². The Morgan fingerprint density at radius 1 is 1.12 bits per heavy atom. The van der Waals surface area contributed by atoms with Crippen LogP contribution in [-0.2, 0) is 9.59 Å². The summed E-state index contributed by atoms with van der Waals surface area (Å²) in [6.07, 6.45) is 3.69. The first kappa shape index (κ1) is 17.5. The van der Waals surface area contributed by atoms with Crippen molar-refractivity contribution in [3.63, 3.8) is 0 Å². The summed E-state index contributed by atoms with van der Waals surface area (Å²) < 4.78 is 0. The molecule has 0 aliphatic carbocycles. The Labute approximate surface area is 155 Å². The van der Waals surface area contributed by atoms with Gasteiger partial charge in [0.1, 0.15) is 0 Å². The van der Waals surface area contributed by atoms with Crippen molar-refractivity contribution >= 4 is 11.8 Å². The molecule has 26 heavy (non-hydrogen) atoms. The molecule has 4 fully saturated rings. The third-order valence-corrected chi connectivity index (χ3v) is 6.48. The molecule has 1 N–H and O–H groups in total. The highest BCUT2D eigenvalue weighted by molar-refractivity contribution is 5.77. The van der Waals surface area contributed by atoms with Crippen molar-refractivity contribution in [2.24, 2.45) is 5.92 Å². The normalized spacial score (nSPS) is 32.3. The Hall–Kier alpha value is -1.88. The number of hydrogen-bond donors (Lipinski definition) is 1. The number of hydrogen-bond acceptors (Lipinski definition) is 3. The minimum atomic E-state index is -0.0276. The average molecular weight is 355 g/mol. The van der Waals surface area contributed by atoms with Gasteiger partial charge in [0.2, 0.25) is 11.8 Å². The molecule has 4 aliphatic rings. The molecule has 0 aromatic heterocycles. The van der Waals surface area contributed by atoms with Gasteiger partial charge in [-0.05, 0) is 43.8 Å². The van der Waals surface area contributed by atoms with Crippen LogP contribution in [0.2, 0.25) is 0 Å². The van der Waals surface area contributed by atoms with Crippen LogP contribution >= 0.6 is 0 Å². The van der Waals surface area contributed by atoms with Crippen molar-refractivity contribution in [3.8, 4) is 0 Å². The van der Waals surface area contributed by atoms with Crippen LogP contribution in [-0.4, -0.2) is 59.9 Å². The zero-order chi connectivity index (χ0) is 18.1. The molecule has 4 aliphatic heterocycles. The van der Waals surface area contributed by atoms with Crippen molar-refractivity contribution < 1.29 is 9.59 Å². The first-order valence-electron chi connectivity index (χ1n) is 9.98. The second kappa shape index (κ2) is 7.39. The monoisotopic (exact) mass is 355 g/mol. The average Bonchev–Trinajstić information content (AvgIpc) is 3.09. The topological polar surface area (TPSA) is 52.7 Å². The largest absolute Gasteiger partial charge is 0.356 e. The van der Waals surface area contributed by atoms with Crippen molar-refractivity contribution in [1.29, 1.82) is 0 Å². The van der Waals surface area contributed by atoms with Crippen LogP contribution < -0.4 is 5.32 Å². The second-order valence-electron chi connectivity index (χ2n) is 8.00. The molecule has 0 saturated carbocycles. The van der Waals surface area contributed by atoms with Crippen LogP contribution in [0, 0.1) is 5.92 Å². The van der Waals surface area contributed by atoms with Gasteiger partial charge in [-0.2, -0.15) is 0 Å². The fraction of sp³-hybridized carbons (Fsp3) is 0.619. The molecule has 5 heteroatoms. The third kappa shape index (κ3) is 3.25. The van der Waals surface area contributed by atoms with Gasteiger partial charge < -0.3 is 10.2 Å². The van der Waals surface area contributed by atoms with Gasteiger partial charge in [-0.25, -0.2) is 0 Å². The van der Waals surface area contributed by atoms with Gasteiger partial charge in [0.15, 0.2) is 0 Å². The standard InChI is InChI=1S/C21H29N3O2/c1-15(25)22-11-5-8-19(26)24-14-18(16-6-3-2-4-7-16)21-20(24)17-9-12-23(21)13-10-17/h2-4,6-7,17-18,20-21H,5,8-14H2,1H3,(H,22,25)/t18-,20+,21+/m1/s1. The molecule has 2 amide bonds. The van der Waals surface area contributed by atoms with Gasteiger partial charge in [-0.3, -0.25) is 14.5 Å². The lowest BCUT2D eigenvalue weighted by Gasteiger charge is -2.51. The number of amides is 2. The number of fused-ring (bicyclic) bond motifs is 2. The highest BCUT2D eigenvalue weighted by Crippen LogP contribution is 2.46. The predicted molar refractivity (Wildman–Crippen MR) is 101 cm³/mol. The summed E-state index contributed by atoms with van der Waals surface area (Å²) in [5.74, 6) is 1.30. The first-order chi connectivity index (χ1) is 12.6. The zero-order valence-electron chi connectivity index (χ0n) is 15.6. The summed E-state index contributed by atoms with van der Waals surface area (Å²) in [6, 6.07) is 11.6. The van der Waals surface area contributed by atoms with Crippen molar-refractivity contribution in [3.05, 3.63) is 35.9 Å². The van der Waals surface area contributed by atoms with Crippen molar-refractivity contribution in [2.75, 3.05) is 26.2 Å². The smallest absolute Gasteiger partial charge is 0.222 e. The molecule has 4 saturated heterocycles. The number of carbonyl (C=O) groups is 2. The van der Waals surface area contributed by atoms with E-state index in [0.717, 1.165) is 13.0 Å². The van der Waals surface area contributed by atoms with E-state index >= 15 is 0 Å². The van der Waals surface area contributed by atoms with Crippen LogP contribution in [0.5, 0.6) is 0 Å². The molecule has 0 unspecified atom stereocenters. The third-order valence-electron chi connectivity index (χ3n) is 6.48. The molecule has 5 nitrogen and oxygen atoms in total. The Morgan fingerprint density at radius 3 is 2.54 bits per heavy atom. The lowest BCUT2D eigenvalue weighted by Crippen LogP contribution is -2.60. The maximum atomic E-state index is 13.0. The molecule has 2 bridgehead atoms. The van der Waals surface area contributed by atoms with Crippen LogP contribution in [0.1, 0.15) is 44.1 Å². The Bertz CT molecular complexity index is 654. The Kier molecular flexibility index (Phi) is 4.98. The van der Waals surface area contributed by atoms with E-state index in [0.29, 0.717) is 36.9 Å². The molecule has 3 atom stereocenters. The van der Waals surface area contributed by atoms with Gasteiger partial charge in [0.05, 0.1) is 6.04 Å². The van der Waals surface area contributed by atoms with E-state index in [4.69, 9.17) is 0 Å². The molecule has 1 aromatic rings. The van der Waals surface area contributed by atoms with Gasteiger partial charge in [-0.1, -0.05) is 30.3 Å². The van der Waals surface area contributed by atoms with Gasteiger partial charge in [0.25, 0.3) is 0 Å². The van der Waals surface area contributed by atoms with Crippen LogP contribution in [0.4, 0.5) is 0 Å². The lowest BCUT2D eigenvalue weighted by atomic mass is 9.75. The van der Waals surface area contributed by atoms with Crippen LogP contribution in [0.25, 0.3) is 0 Å². The van der Waals surface area contributed by atoms with Crippen LogP contribution in [0.3, 0.4) is 0 Å². The summed E-state index contributed by atoms with van der Waals surface area (Å²) in [5, 5.41) is 2.79. The highest BCUT2D eigenvalue weighted by atomic mass is 16.2. The van der Waals surface area contributed by atoms with Crippen molar-refractivity contribution in [2.45, 2.75) is 50.6 Å². The second-order valence-corrected chi connectivity index (χ2v) is 8.00. The van der Waals surface area contributed by atoms with E-state index in [2.05, 4.69) is 45.4 Å². The molecule has 140 valence electrons. The summed E-state index contributed by atoms with van der Waals surface area (Å²) >= 11 is 0. The summed E-state index contributed by atoms with van der Waals surface area (Å²) in [6.45, 7) is 5.30. The molecule has 4 heterocycles.